The molecule has 0 saturated carbocycles. The molecule has 3 nitrogen and oxygen atoms in total. The molecule has 0 heterocycles. The Morgan fingerprint density at radius 1 is 1.50 bits per heavy atom. The minimum Gasteiger partial charge on any atom is -0.496 e. The van der Waals surface area contributed by atoms with Gasteiger partial charge in [0.1, 0.15) is 17.9 Å². The van der Waals surface area contributed by atoms with Crippen LogP contribution in [0.5, 0.6) is 5.75 Å². The molecule has 0 saturated heterocycles. The highest BCUT2D eigenvalue weighted by atomic mass is 35.5. The molecule has 2 rings (SSSR count). The molecule has 0 aliphatic heterocycles. The number of halogens is 1. The lowest BCUT2D eigenvalue weighted by Gasteiger charge is -2.09. The highest BCUT2D eigenvalue weighted by Crippen LogP contribution is 2.22. The molecular formula is C16H15ClNO2+. The number of methoxy groups -OCH3 is 1. The Morgan fingerprint density at radius 2 is 2.35 bits per heavy atom. The summed E-state index contributed by atoms with van der Waals surface area (Å²) in [6.07, 6.45) is 8.44. The third-order valence-electron chi connectivity index (χ3n) is 2.89. The van der Waals surface area contributed by atoms with Gasteiger partial charge in [-0.15, -0.1) is 0 Å². The maximum Gasteiger partial charge on any atom is 0.255 e. The molecule has 4 heteroatoms. The van der Waals surface area contributed by atoms with Crippen LogP contribution in [0.2, 0.25) is 5.02 Å². The summed E-state index contributed by atoms with van der Waals surface area (Å²) in [7, 11) is 1.53. The average molecular weight is 289 g/mol. The van der Waals surface area contributed by atoms with E-state index >= 15 is 0 Å². The molecule has 0 radical (unpaired) electrons. The average Bonchev–Trinajstić information content (AvgIpc) is 2.48. The molecule has 1 aliphatic carbocycles. The van der Waals surface area contributed by atoms with Crippen molar-refractivity contribution in [3.8, 4) is 5.75 Å². The molecule has 0 atom stereocenters. The number of rotatable bonds is 5. The first-order valence-electron chi connectivity index (χ1n) is 6.27. The monoisotopic (exact) mass is 288 g/mol. The van der Waals surface area contributed by atoms with Gasteiger partial charge in [0.25, 0.3) is 5.91 Å². The van der Waals surface area contributed by atoms with E-state index in [0.717, 1.165) is 12.0 Å². The van der Waals surface area contributed by atoms with Gasteiger partial charge in [0.05, 0.1) is 30.7 Å². The van der Waals surface area contributed by atoms with Crippen LogP contribution in [0.3, 0.4) is 0 Å². The maximum atomic E-state index is 12.1. The fourth-order valence-electron chi connectivity index (χ4n) is 1.86. The maximum absolute atomic E-state index is 12.1. The van der Waals surface area contributed by atoms with Gasteiger partial charge in [-0.2, -0.15) is 0 Å². The van der Waals surface area contributed by atoms with E-state index in [2.05, 4.69) is 11.0 Å². The topological polar surface area (TPSA) is 38.3 Å². The molecular weight excluding hydrogens is 274 g/mol. The highest BCUT2D eigenvalue weighted by molar-refractivity contribution is 6.31. The predicted octanol–water partition coefficient (Wildman–Crippen LogP) is 3.32. The Labute approximate surface area is 123 Å². The first-order valence-corrected chi connectivity index (χ1v) is 6.65. The van der Waals surface area contributed by atoms with Crippen molar-refractivity contribution in [2.45, 2.75) is 6.42 Å². The van der Waals surface area contributed by atoms with Crippen molar-refractivity contribution < 1.29 is 9.53 Å². The number of nitrogens with one attached hydrogen (secondary N) is 1. The van der Waals surface area contributed by atoms with Crippen LogP contribution in [-0.4, -0.2) is 19.6 Å². The second kappa shape index (κ2) is 6.90. The minimum atomic E-state index is -0.188. The minimum absolute atomic E-state index is 0.188. The van der Waals surface area contributed by atoms with E-state index in [0.29, 0.717) is 22.9 Å². The van der Waals surface area contributed by atoms with Gasteiger partial charge in [-0.25, -0.2) is 0 Å². The van der Waals surface area contributed by atoms with Crippen molar-refractivity contribution in [3.63, 3.8) is 0 Å². The molecule has 1 amide bonds. The standard InChI is InChI=1S/C16H14ClNO2/c1-20-15-8-7-13(17)11-14(15)16(19)18-10-9-12-5-3-2-4-6-12/h3-8,11H,9-10H2,1H3/p+1. The molecule has 1 aromatic carbocycles. The zero-order valence-electron chi connectivity index (χ0n) is 11.2. The van der Waals surface area contributed by atoms with Crippen LogP contribution in [0.15, 0.2) is 47.7 Å². The Kier molecular flexibility index (Phi) is 4.94. The summed E-state index contributed by atoms with van der Waals surface area (Å²) >= 11 is 5.91. The lowest BCUT2D eigenvalue weighted by Crippen LogP contribution is -2.25. The molecule has 0 spiro atoms. The summed E-state index contributed by atoms with van der Waals surface area (Å²) in [6.45, 7) is 0.554. The zero-order chi connectivity index (χ0) is 14.4. The second-order valence-corrected chi connectivity index (χ2v) is 4.70. The van der Waals surface area contributed by atoms with E-state index < -0.39 is 0 Å². The molecule has 1 N–H and O–H groups in total. The van der Waals surface area contributed by atoms with Crippen LogP contribution < -0.4 is 10.1 Å². The van der Waals surface area contributed by atoms with Crippen LogP contribution >= 0.6 is 11.6 Å². The number of benzene rings is 1. The van der Waals surface area contributed by atoms with Gasteiger partial charge >= 0.3 is 0 Å². The first kappa shape index (κ1) is 14.3. The molecule has 0 aromatic heterocycles. The van der Waals surface area contributed by atoms with Crippen molar-refractivity contribution in [2.24, 2.45) is 0 Å². The number of allylic oxidation sites excluding steroid dienone is 2. The van der Waals surface area contributed by atoms with Crippen molar-refractivity contribution in [1.29, 1.82) is 0 Å². The van der Waals surface area contributed by atoms with Crippen LogP contribution in [0.4, 0.5) is 0 Å². The number of hydrogen-bond acceptors (Lipinski definition) is 2. The summed E-state index contributed by atoms with van der Waals surface area (Å²) in [5.74, 6) is 0.327. The van der Waals surface area contributed by atoms with Crippen LogP contribution in [0.25, 0.3) is 0 Å². The Balaban J connectivity index is 1.93. The molecule has 20 heavy (non-hydrogen) atoms. The van der Waals surface area contributed by atoms with Gasteiger partial charge in [-0.1, -0.05) is 11.6 Å². The highest BCUT2D eigenvalue weighted by Gasteiger charge is 2.13. The quantitative estimate of drug-likeness (QED) is 0.667. The Morgan fingerprint density at radius 3 is 3.05 bits per heavy atom. The van der Waals surface area contributed by atoms with Gasteiger partial charge in [0, 0.05) is 23.7 Å². The molecule has 0 fully saturated rings. The fraction of sp³-hybridized carbons (Fsp3) is 0.188. The van der Waals surface area contributed by atoms with E-state index in [1.54, 1.807) is 18.2 Å². The smallest absolute Gasteiger partial charge is 0.255 e. The van der Waals surface area contributed by atoms with Crippen molar-refractivity contribution in [2.75, 3.05) is 13.7 Å². The lowest BCUT2D eigenvalue weighted by molar-refractivity contribution is 0.0951. The number of carbonyl (C=O) groups excluding carboxylic acids is 1. The third-order valence-corrected chi connectivity index (χ3v) is 3.13. The lowest BCUT2D eigenvalue weighted by atomic mass is 10.1. The summed E-state index contributed by atoms with van der Waals surface area (Å²) in [5.41, 5.74) is 4.56. The summed E-state index contributed by atoms with van der Waals surface area (Å²) < 4.78 is 5.16. The van der Waals surface area contributed by atoms with Crippen molar-refractivity contribution in [3.05, 3.63) is 64.7 Å². The van der Waals surface area contributed by atoms with Crippen molar-refractivity contribution in [1.82, 2.24) is 5.32 Å². The molecule has 1 aromatic rings. The predicted molar refractivity (Wildman–Crippen MR) is 80.0 cm³/mol. The number of amides is 1. The van der Waals surface area contributed by atoms with Gasteiger partial charge in [-0.3, -0.25) is 4.79 Å². The number of hydrogen-bond donors (Lipinski definition) is 1. The molecule has 0 bridgehead atoms. The van der Waals surface area contributed by atoms with Crippen molar-refractivity contribution >= 4 is 17.5 Å². The summed E-state index contributed by atoms with van der Waals surface area (Å²) in [6, 6.07) is 4.98. The SMILES string of the molecule is COc1ccc(Cl)cc1C(=O)NCCC1=CC=C=C[CH+]1. The summed E-state index contributed by atoms with van der Waals surface area (Å²) in [5, 5.41) is 3.37. The van der Waals surface area contributed by atoms with E-state index in [9.17, 15) is 4.79 Å². The second-order valence-electron chi connectivity index (χ2n) is 4.26. The van der Waals surface area contributed by atoms with E-state index in [1.807, 2.05) is 24.6 Å². The molecule has 1 aliphatic rings. The number of ether oxygens (including phenoxy) is 1. The molecule has 102 valence electrons. The normalized spacial score (nSPS) is 12.6. The van der Waals surface area contributed by atoms with Crippen LogP contribution in [0.1, 0.15) is 16.8 Å². The largest absolute Gasteiger partial charge is 0.496 e. The van der Waals surface area contributed by atoms with E-state index in [1.165, 1.54) is 7.11 Å². The van der Waals surface area contributed by atoms with E-state index in [-0.39, 0.29) is 5.91 Å². The van der Waals surface area contributed by atoms with Gasteiger partial charge in [-0.05, 0) is 18.2 Å². The van der Waals surface area contributed by atoms with Crippen LogP contribution in [0, 0.1) is 6.42 Å². The van der Waals surface area contributed by atoms with Gasteiger partial charge in [0.15, 0.2) is 0 Å². The van der Waals surface area contributed by atoms with Gasteiger partial charge in [0.2, 0.25) is 0 Å². The summed E-state index contributed by atoms with van der Waals surface area (Å²) in [4.78, 5) is 12.1. The number of carbonyl (C=O) groups is 1. The van der Waals surface area contributed by atoms with Crippen LogP contribution in [-0.2, 0) is 0 Å². The first-order chi connectivity index (χ1) is 9.70. The Bertz CT molecular complexity index is 598. The van der Waals surface area contributed by atoms with Gasteiger partial charge < -0.3 is 10.1 Å². The fourth-order valence-corrected chi connectivity index (χ4v) is 2.03. The molecule has 0 unspecified atom stereocenters. The third kappa shape index (κ3) is 3.70. The van der Waals surface area contributed by atoms with E-state index in [4.69, 9.17) is 16.3 Å². The zero-order valence-corrected chi connectivity index (χ0v) is 11.9. The Hall–Kier alpha value is -2.09.